The van der Waals surface area contributed by atoms with Crippen LogP contribution < -0.4 is 5.73 Å². The van der Waals surface area contributed by atoms with Crippen molar-refractivity contribution >= 4 is 20.2 Å². The molecule has 5 heteroatoms. The number of carbonyl (C=O) groups is 2. The molecular weight excluding hydrogens is 162 g/mol. The van der Waals surface area contributed by atoms with Crippen molar-refractivity contribution in [3.8, 4) is 0 Å². The molecule has 64 valence electrons. The zero-order valence-corrected chi connectivity index (χ0v) is 8.01. The van der Waals surface area contributed by atoms with Crippen LogP contribution in [0.15, 0.2) is 0 Å². The molecular formula is C6H13NO3Si. The van der Waals surface area contributed by atoms with Crippen LogP contribution in [0, 0.1) is 0 Å². The molecule has 0 saturated heterocycles. The first kappa shape index (κ1) is 10.2. The van der Waals surface area contributed by atoms with Crippen molar-refractivity contribution in [1.29, 1.82) is 0 Å². The average molecular weight is 175 g/mol. The number of amides is 1. The summed E-state index contributed by atoms with van der Waals surface area (Å²) in [6.45, 7) is 5.60. The van der Waals surface area contributed by atoms with E-state index in [1.54, 1.807) is 0 Å². The van der Waals surface area contributed by atoms with Crippen LogP contribution in [0.1, 0.15) is 6.42 Å². The largest absolute Gasteiger partial charge is 0.520 e. The molecule has 0 aliphatic carbocycles. The number of carbonyl (C=O) groups excluding carboxylic acids is 2. The molecule has 0 saturated carbocycles. The number of primary amides is 1. The first-order chi connectivity index (χ1) is 4.81. The molecule has 0 aromatic carbocycles. The van der Waals surface area contributed by atoms with Crippen molar-refractivity contribution < 1.29 is 14.0 Å². The Morgan fingerprint density at radius 1 is 1.36 bits per heavy atom. The van der Waals surface area contributed by atoms with E-state index in [2.05, 4.69) is 0 Å². The Kier molecular flexibility index (Phi) is 3.25. The van der Waals surface area contributed by atoms with Gasteiger partial charge >= 0.3 is 5.97 Å². The maximum Gasteiger partial charge on any atom is 0.301 e. The molecule has 0 radical (unpaired) electrons. The van der Waals surface area contributed by atoms with Gasteiger partial charge in [0.1, 0.15) is 6.42 Å². The maximum absolute atomic E-state index is 10.8. The van der Waals surface area contributed by atoms with E-state index in [1.165, 1.54) is 0 Å². The van der Waals surface area contributed by atoms with Crippen LogP contribution in [-0.2, 0) is 14.0 Å². The molecule has 0 rings (SSSR count). The maximum atomic E-state index is 10.8. The van der Waals surface area contributed by atoms with Crippen molar-refractivity contribution in [2.75, 3.05) is 0 Å². The number of nitrogens with two attached hydrogens (primary N) is 1. The molecule has 11 heavy (non-hydrogen) atoms. The van der Waals surface area contributed by atoms with Gasteiger partial charge in [0.2, 0.25) is 14.2 Å². The highest BCUT2D eigenvalue weighted by molar-refractivity contribution is 6.71. The highest BCUT2D eigenvalue weighted by Crippen LogP contribution is 2.03. The summed E-state index contributed by atoms with van der Waals surface area (Å²) < 4.78 is 4.95. The normalized spacial score (nSPS) is 10.8. The molecule has 0 aliphatic heterocycles. The fraction of sp³-hybridized carbons (Fsp3) is 0.667. The van der Waals surface area contributed by atoms with Crippen LogP contribution in [-0.4, -0.2) is 20.2 Å². The highest BCUT2D eigenvalue weighted by atomic mass is 28.4. The van der Waals surface area contributed by atoms with Crippen molar-refractivity contribution in [3.05, 3.63) is 0 Å². The summed E-state index contributed by atoms with van der Waals surface area (Å²) in [7, 11) is -1.84. The van der Waals surface area contributed by atoms with Gasteiger partial charge in [-0.05, 0) is 19.6 Å². The van der Waals surface area contributed by atoms with E-state index in [4.69, 9.17) is 10.2 Å². The smallest absolute Gasteiger partial charge is 0.301 e. The van der Waals surface area contributed by atoms with Crippen LogP contribution in [0.25, 0.3) is 0 Å². The predicted molar refractivity (Wildman–Crippen MR) is 43.2 cm³/mol. The fourth-order valence-corrected chi connectivity index (χ4v) is 1.28. The fourth-order valence-electron chi connectivity index (χ4n) is 0.520. The van der Waals surface area contributed by atoms with Crippen LogP contribution in [0.2, 0.25) is 19.6 Å². The number of hydrogen-bond acceptors (Lipinski definition) is 3. The SMILES string of the molecule is C[Si](C)(C)OC(=O)CC(N)=O. The second kappa shape index (κ2) is 3.52. The summed E-state index contributed by atoms with van der Waals surface area (Å²) in [5.41, 5.74) is 4.79. The molecule has 0 spiro atoms. The van der Waals surface area contributed by atoms with Crippen molar-refractivity contribution in [3.63, 3.8) is 0 Å². The van der Waals surface area contributed by atoms with Gasteiger partial charge in [0.15, 0.2) is 0 Å². The lowest BCUT2D eigenvalue weighted by Gasteiger charge is -2.16. The summed E-state index contributed by atoms with van der Waals surface area (Å²) in [6.07, 6.45) is -0.315. The summed E-state index contributed by atoms with van der Waals surface area (Å²) in [4.78, 5) is 21.0. The molecule has 0 aromatic rings. The second-order valence-corrected chi connectivity index (χ2v) is 7.66. The van der Waals surface area contributed by atoms with E-state index in [0.717, 1.165) is 0 Å². The molecule has 4 nitrogen and oxygen atoms in total. The number of hydrogen-bond donors (Lipinski definition) is 1. The van der Waals surface area contributed by atoms with Crippen LogP contribution in [0.4, 0.5) is 0 Å². The Labute approximate surface area is 66.8 Å². The Bertz CT molecular complexity index is 173. The molecule has 0 fully saturated rings. The summed E-state index contributed by atoms with van der Waals surface area (Å²) in [5.74, 6) is -1.16. The van der Waals surface area contributed by atoms with Gasteiger partial charge in [0.05, 0.1) is 0 Å². The lowest BCUT2D eigenvalue weighted by atomic mass is 10.4. The monoisotopic (exact) mass is 175 g/mol. The first-order valence-electron chi connectivity index (χ1n) is 3.31. The van der Waals surface area contributed by atoms with Crippen molar-refractivity contribution in [2.24, 2.45) is 5.73 Å². The molecule has 0 atom stereocenters. The van der Waals surface area contributed by atoms with Gasteiger partial charge < -0.3 is 10.2 Å². The summed E-state index contributed by atoms with van der Waals surface area (Å²) in [6, 6.07) is 0. The van der Waals surface area contributed by atoms with Gasteiger partial charge in [-0.25, -0.2) is 0 Å². The number of rotatable bonds is 3. The zero-order chi connectivity index (χ0) is 9.07. The zero-order valence-electron chi connectivity index (χ0n) is 7.01. The molecule has 0 heterocycles. The van der Waals surface area contributed by atoms with E-state index < -0.39 is 20.2 Å². The van der Waals surface area contributed by atoms with E-state index in [9.17, 15) is 9.59 Å². The lowest BCUT2D eigenvalue weighted by Crippen LogP contribution is -2.31. The molecule has 2 N–H and O–H groups in total. The van der Waals surface area contributed by atoms with Gasteiger partial charge in [0, 0.05) is 0 Å². The molecule has 0 unspecified atom stereocenters. The van der Waals surface area contributed by atoms with E-state index in [1.807, 2.05) is 19.6 Å². The second-order valence-electron chi connectivity index (χ2n) is 3.23. The molecule has 1 amide bonds. The Morgan fingerprint density at radius 3 is 2.09 bits per heavy atom. The van der Waals surface area contributed by atoms with Gasteiger partial charge in [-0.15, -0.1) is 0 Å². The summed E-state index contributed by atoms with van der Waals surface area (Å²) in [5, 5.41) is 0. The summed E-state index contributed by atoms with van der Waals surface area (Å²) >= 11 is 0. The van der Waals surface area contributed by atoms with Gasteiger partial charge in [0.25, 0.3) is 0 Å². The van der Waals surface area contributed by atoms with E-state index >= 15 is 0 Å². The van der Waals surface area contributed by atoms with Gasteiger partial charge in [-0.3, -0.25) is 9.59 Å². The predicted octanol–water partition coefficient (Wildman–Crippen LogP) is 0.240. The van der Waals surface area contributed by atoms with Crippen molar-refractivity contribution in [1.82, 2.24) is 0 Å². The highest BCUT2D eigenvalue weighted by Gasteiger charge is 2.20. The van der Waals surface area contributed by atoms with Gasteiger partial charge in [-0.2, -0.15) is 0 Å². The average Bonchev–Trinajstić information content (AvgIpc) is 1.53. The van der Waals surface area contributed by atoms with Gasteiger partial charge in [-0.1, -0.05) is 0 Å². The Balaban J connectivity index is 3.80. The topological polar surface area (TPSA) is 69.4 Å². The van der Waals surface area contributed by atoms with Crippen LogP contribution >= 0.6 is 0 Å². The lowest BCUT2D eigenvalue weighted by molar-refractivity contribution is -0.138. The molecule has 0 bridgehead atoms. The third kappa shape index (κ3) is 7.05. The van der Waals surface area contributed by atoms with Crippen LogP contribution in [0.3, 0.4) is 0 Å². The quantitative estimate of drug-likeness (QED) is 0.493. The van der Waals surface area contributed by atoms with E-state index in [-0.39, 0.29) is 6.42 Å². The van der Waals surface area contributed by atoms with E-state index in [0.29, 0.717) is 0 Å². The Morgan fingerprint density at radius 2 is 1.82 bits per heavy atom. The van der Waals surface area contributed by atoms with Crippen LogP contribution in [0.5, 0.6) is 0 Å². The minimum Gasteiger partial charge on any atom is -0.520 e. The standard InChI is InChI=1S/C6H13NO3Si/c1-11(2,3)10-6(9)4-5(7)8/h4H2,1-3H3,(H2,7,8). The molecule has 0 aliphatic rings. The molecule has 0 aromatic heterocycles. The Hall–Kier alpha value is -0.843. The first-order valence-corrected chi connectivity index (χ1v) is 6.72. The third-order valence-corrected chi connectivity index (χ3v) is 1.58. The van der Waals surface area contributed by atoms with Crippen molar-refractivity contribution in [2.45, 2.75) is 26.1 Å². The third-order valence-electron chi connectivity index (χ3n) is 0.739. The minimum atomic E-state index is -1.84. The minimum absolute atomic E-state index is 0.315.